The van der Waals surface area contributed by atoms with Gasteiger partial charge in [0.05, 0.1) is 6.54 Å². The van der Waals surface area contributed by atoms with Crippen molar-refractivity contribution in [2.45, 2.75) is 26.6 Å². The summed E-state index contributed by atoms with van der Waals surface area (Å²) in [6.07, 6.45) is -4.51. The first-order valence-corrected chi connectivity index (χ1v) is 6.84. The number of rotatable bonds is 3. The van der Waals surface area contributed by atoms with E-state index in [1.807, 2.05) is 19.9 Å². The number of benzene rings is 1. The van der Waals surface area contributed by atoms with Crippen molar-refractivity contribution >= 4 is 17.2 Å². The average Bonchev–Trinajstić information content (AvgIpc) is 2.88. The number of hydrogen-bond donors (Lipinski definition) is 1. The molecule has 1 N–H and O–H groups in total. The van der Waals surface area contributed by atoms with E-state index in [-0.39, 0.29) is 17.5 Å². The molecular weight excluding hydrogens is 303 g/mol. The number of nitrogens with zero attached hydrogens (tertiary/aromatic N) is 2. The molecule has 1 heterocycles. The molecule has 0 bridgehead atoms. The van der Waals surface area contributed by atoms with Crippen molar-refractivity contribution in [3.05, 3.63) is 44.9 Å². The van der Waals surface area contributed by atoms with Gasteiger partial charge >= 0.3 is 6.18 Å². The average molecular weight is 315 g/mol. The summed E-state index contributed by atoms with van der Waals surface area (Å²) in [6, 6.07) is 5.30. The normalized spacial score (nSPS) is 11.5. The first-order valence-electron chi connectivity index (χ1n) is 6.03. The highest BCUT2D eigenvalue weighted by Crippen LogP contribution is 2.31. The van der Waals surface area contributed by atoms with Crippen LogP contribution in [0.15, 0.2) is 18.2 Å². The van der Waals surface area contributed by atoms with Gasteiger partial charge in [0, 0.05) is 5.56 Å². The zero-order valence-electron chi connectivity index (χ0n) is 11.3. The lowest BCUT2D eigenvalue weighted by Gasteiger charge is -2.08. The second-order valence-electron chi connectivity index (χ2n) is 4.43. The van der Waals surface area contributed by atoms with E-state index in [1.165, 1.54) is 0 Å². The minimum absolute atomic E-state index is 0.0834. The van der Waals surface area contributed by atoms with Crippen LogP contribution < -0.4 is 5.32 Å². The molecule has 0 atom stereocenters. The van der Waals surface area contributed by atoms with E-state index in [0.717, 1.165) is 11.1 Å². The van der Waals surface area contributed by atoms with Crippen molar-refractivity contribution in [1.29, 1.82) is 0 Å². The van der Waals surface area contributed by atoms with Gasteiger partial charge in [0.2, 0.25) is 5.01 Å². The Morgan fingerprint density at radius 1 is 1.29 bits per heavy atom. The van der Waals surface area contributed by atoms with Gasteiger partial charge in [0.25, 0.3) is 5.91 Å². The molecule has 0 saturated heterocycles. The van der Waals surface area contributed by atoms with Crippen molar-refractivity contribution < 1.29 is 18.0 Å². The van der Waals surface area contributed by atoms with Crippen molar-refractivity contribution in [3.63, 3.8) is 0 Å². The number of carbonyl (C=O) groups excluding carboxylic acids is 1. The van der Waals surface area contributed by atoms with E-state index in [2.05, 4.69) is 15.5 Å². The molecule has 112 valence electrons. The van der Waals surface area contributed by atoms with Crippen molar-refractivity contribution in [1.82, 2.24) is 15.5 Å². The van der Waals surface area contributed by atoms with E-state index < -0.39 is 11.2 Å². The Hall–Kier alpha value is -1.96. The third-order valence-electron chi connectivity index (χ3n) is 2.96. The summed E-state index contributed by atoms with van der Waals surface area (Å²) < 4.78 is 37.1. The minimum Gasteiger partial charge on any atom is -0.345 e. The lowest BCUT2D eigenvalue weighted by molar-refractivity contribution is -0.138. The van der Waals surface area contributed by atoms with Crippen LogP contribution in [0.3, 0.4) is 0 Å². The van der Waals surface area contributed by atoms with Crippen LogP contribution in [0.4, 0.5) is 13.2 Å². The topological polar surface area (TPSA) is 54.9 Å². The van der Waals surface area contributed by atoms with Gasteiger partial charge in [-0.3, -0.25) is 4.79 Å². The minimum atomic E-state index is -4.51. The Kier molecular flexibility index (Phi) is 4.26. The number of amides is 1. The molecule has 0 spiro atoms. The monoisotopic (exact) mass is 315 g/mol. The molecule has 1 amide bonds. The van der Waals surface area contributed by atoms with Crippen LogP contribution in [0.5, 0.6) is 0 Å². The highest BCUT2D eigenvalue weighted by Gasteiger charge is 2.35. The second-order valence-corrected chi connectivity index (χ2v) is 5.49. The van der Waals surface area contributed by atoms with Gasteiger partial charge in [0.1, 0.15) is 5.01 Å². The highest BCUT2D eigenvalue weighted by molar-refractivity contribution is 7.11. The fourth-order valence-electron chi connectivity index (χ4n) is 1.69. The molecule has 8 heteroatoms. The molecule has 1 aromatic carbocycles. The van der Waals surface area contributed by atoms with Crippen LogP contribution in [-0.2, 0) is 12.7 Å². The molecule has 0 aliphatic carbocycles. The summed E-state index contributed by atoms with van der Waals surface area (Å²) in [6.45, 7) is 3.61. The van der Waals surface area contributed by atoms with Crippen LogP contribution in [0.25, 0.3) is 0 Å². The second kappa shape index (κ2) is 5.80. The maximum atomic E-state index is 12.4. The van der Waals surface area contributed by atoms with Gasteiger partial charge in [-0.2, -0.15) is 13.2 Å². The summed E-state index contributed by atoms with van der Waals surface area (Å²) in [4.78, 5) is 12.0. The number of aryl methyl sites for hydroxylation is 1. The first kappa shape index (κ1) is 15.4. The number of carbonyl (C=O) groups is 1. The van der Waals surface area contributed by atoms with Crippen LogP contribution in [-0.4, -0.2) is 16.1 Å². The molecule has 2 rings (SSSR count). The summed E-state index contributed by atoms with van der Waals surface area (Å²) in [5.74, 6) is -0.347. The molecule has 0 aliphatic heterocycles. The van der Waals surface area contributed by atoms with Crippen LogP contribution in [0, 0.1) is 13.8 Å². The predicted molar refractivity (Wildman–Crippen MR) is 72.0 cm³/mol. The maximum absolute atomic E-state index is 12.4. The summed E-state index contributed by atoms with van der Waals surface area (Å²) in [5.41, 5.74) is 2.30. The van der Waals surface area contributed by atoms with Crippen molar-refractivity contribution in [2.24, 2.45) is 0 Å². The van der Waals surface area contributed by atoms with Crippen molar-refractivity contribution in [3.8, 4) is 0 Å². The molecule has 0 unspecified atom stereocenters. The lowest BCUT2D eigenvalue weighted by atomic mass is 10.0. The molecule has 4 nitrogen and oxygen atoms in total. The van der Waals surface area contributed by atoms with Gasteiger partial charge < -0.3 is 5.32 Å². The van der Waals surface area contributed by atoms with E-state index in [9.17, 15) is 18.0 Å². The maximum Gasteiger partial charge on any atom is 0.445 e. The van der Waals surface area contributed by atoms with E-state index in [1.54, 1.807) is 12.1 Å². The van der Waals surface area contributed by atoms with Crippen molar-refractivity contribution in [2.75, 3.05) is 0 Å². The molecule has 0 saturated carbocycles. The van der Waals surface area contributed by atoms with E-state index in [4.69, 9.17) is 0 Å². The van der Waals surface area contributed by atoms with Gasteiger partial charge in [-0.05, 0) is 31.0 Å². The fourth-order valence-corrected chi connectivity index (χ4v) is 2.33. The number of hydrogen-bond acceptors (Lipinski definition) is 4. The standard InChI is InChI=1S/C13H12F3N3OS/c1-7-4-3-5-9(8(7)2)11(20)17-6-10-18-19-12(21-10)13(14,15)16/h3-5H,6H2,1-2H3,(H,17,20). The number of nitrogens with one attached hydrogen (secondary N) is 1. The van der Waals surface area contributed by atoms with Gasteiger partial charge in [-0.25, -0.2) is 0 Å². The molecule has 0 aliphatic rings. The van der Waals surface area contributed by atoms with Gasteiger partial charge in [-0.15, -0.1) is 10.2 Å². The van der Waals surface area contributed by atoms with Crippen LogP contribution in [0.1, 0.15) is 31.5 Å². The Morgan fingerprint density at radius 3 is 2.62 bits per heavy atom. The molecular formula is C13H12F3N3OS. The molecule has 0 radical (unpaired) electrons. The van der Waals surface area contributed by atoms with Crippen LogP contribution in [0.2, 0.25) is 0 Å². The Bertz CT molecular complexity index is 667. The first-order chi connectivity index (χ1) is 9.79. The smallest absolute Gasteiger partial charge is 0.345 e. The molecule has 0 fully saturated rings. The molecule has 2 aromatic rings. The summed E-state index contributed by atoms with van der Waals surface area (Å²) in [7, 11) is 0. The fraction of sp³-hybridized carbons (Fsp3) is 0.308. The summed E-state index contributed by atoms with van der Waals surface area (Å²) >= 11 is 0.422. The lowest BCUT2D eigenvalue weighted by Crippen LogP contribution is -2.23. The third kappa shape index (κ3) is 3.57. The third-order valence-corrected chi connectivity index (χ3v) is 3.93. The Morgan fingerprint density at radius 2 is 2.00 bits per heavy atom. The zero-order chi connectivity index (χ0) is 15.6. The quantitative estimate of drug-likeness (QED) is 0.947. The number of aromatic nitrogens is 2. The van der Waals surface area contributed by atoms with Gasteiger partial charge in [0.15, 0.2) is 0 Å². The molecule has 21 heavy (non-hydrogen) atoms. The highest BCUT2D eigenvalue weighted by atomic mass is 32.1. The molecule has 1 aromatic heterocycles. The zero-order valence-corrected chi connectivity index (χ0v) is 12.1. The largest absolute Gasteiger partial charge is 0.445 e. The number of halogens is 3. The van der Waals surface area contributed by atoms with Gasteiger partial charge in [-0.1, -0.05) is 23.5 Å². The van der Waals surface area contributed by atoms with E-state index >= 15 is 0 Å². The van der Waals surface area contributed by atoms with Crippen LogP contribution >= 0.6 is 11.3 Å². The SMILES string of the molecule is Cc1cccc(C(=O)NCc2nnc(C(F)(F)F)s2)c1C. The Labute approximate surface area is 123 Å². The number of alkyl halides is 3. The Balaban J connectivity index is 2.05. The van der Waals surface area contributed by atoms with E-state index in [0.29, 0.717) is 16.9 Å². The summed E-state index contributed by atoms with van der Waals surface area (Å²) in [5, 5.41) is 8.13. The predicted octanol–water partition coefficient (Wildman–Crippen LogP) is 3.10.